The molecule has 0 amide bonds. The number of H-pyrrole nitrogens is 1. The summed E-state index contributed by atoms with van der Waals surface area (Å²) >= 11 is 0. The largest absolute Gasteiger partial charge is 0.358 e. The Bertz CT molecular complexity index is 625. The highest BCUT2D eigenvalue weighted by Crippen LogP contribution is 2.28. The van der Waals surface area contributed by atoms with E-state index in [0.29, 0.717) is 6.42 Å². The highest BCUT2D eigenvalue weighted by atomic mass is 32.2. The smallest absolute Gasteiger partial charge is 0.154 e. The minimum Gasteiger partial charge on any atom is -0.358 e. The van der Waals surface area contributed by atoms with Crippen molar-refractivity contribution >= 4 is 20.7 Å². The molecule has 0 unspecified atom stereocenters. The molecule has 1 N–H and O–H groups in total. The number of para-hydroxylation sites is 1. The fourth-order valence-corrected chi connectivity index (χ4v) is 3.61. The number of fused-ring (bicyclic) bond motifs is 3. The van der Waals surface area contributed by atoms with Gasteiger partial charge in [-0.3, -0.25) is 0 Å². The molecule has 0 bridgehead atoms. The summed E-state index contributed by atoms with van der Waals surface area (Å²) in [5, 5.41) is 1.05. The van der Waals surface area contributed by atoms with E-state index in [4.69, 9.17) is 0 Å². The first-order chi connectivity index (χ1) is 7.16. The molecule has 3 nitrogen and oxygen atoms in total. The van der Waals surface area contributed by atoms with Gasteiger partial charge in [0.2, 0.25) is 0 Å². The SMILES string of the molecule is O=S1(=O)CCc2[nH]c3ccccc3c2C1. The molecule has 78 valence electrons. The summed E-state index contributed by atoms with van der Waals surface area (Å²) in [5.74, 6) is 0.458. The summed E-state index contributed by atoms with van der Waals surface area (Å²) in [5.41, 5.74) is 3.10. The normalized spacial score (nSPS) is 18.9. The Morgan fingerprint density at radius 2 is 2.00 bits per heavy atom. The topological polar surface area (TPSA) is 49.9 Å². The molecule has 2 heterocycles. The van der Waals surface area contributed by atoms with Crippen LogP contribution in [-0.4, -0.2) is 19.2 Å². The molecule has 0 radical (unpaired) electrons. The van der Waals surface area contributed by atoms with Crippen molar-refractivity contribution in [1.29, 1.82) is 0 Å². The molecule has 0 spiro atoms. The van der Waals surface area contributed by atoms with E-state index in [0.717, 1.165) is 22.2 Å². The zero-order valence-corrected chi connectivity index (χ0v) is 8.97. The fourth-order valence-electron chi connectivity index (χ4n) is 2.18. The Morgan fingerprint density at radius 1 is 1.20 bits per heavy atom. The minimum atomic E-state index is -2.88. The van der Waals surface area contributed by atoms with E-state index in [1.54, 1.807) is 0 Å². The maximum atomic E-state index is 11.5. The highest BCUT2D eigenvalue weighted by molar-refractivity contribution is 7.90. The zero-order chi connectivity index (χ0) is 10.5. The van der Waals surface area contributed by atoms with Crippen molar-refractivity contribution in [3.05, 3.63) is 35.5 Å². The van der Waals surface area contributed by atoms with Crippen LogP contribution in [0.1, 0.15) is 11.3 Å². The molecule has 0 saturated heterocycles. The number of aromatic nitrogens is 1. The number of aromatic amines is 1. The van der Waals surface area contributed by atoms with Crippen molar-refractivity contribution in [2.24, 2.45) is 0 Å². The van der Waals surface area contributed by atoms with E-state index in [1.165, 1.54) is 0 Å². The van der Waals surface area contributed by atoms with Crippen molar-refractivity contribution in [3.8, 4) is 0 Å². The minimum absolute atomic E-state index is 0.187. The molecule has 4 heteroatoms. The molecule has 2 aromatic rings. The van der Waals surface area contributed by atoms with Gasteiger partial charge >= 0.3 is 0 Å². The summed E-state index contributed by atoms with van der Waals surface area (Å²) < 4.78 is 23.1. The summed E-state index contributed by atoms with van der Waals surface area (Å²) in [6, 6.07) is 7.86. The van der Waals surface area contributed by atoms with Crippen molar-refractivity contribution in [2.45, 2.75) is 12.2 Å². The van der Waals surface area contributed by atoms with E-state index >= 15 is 0 Å². The van der Waals surface area contributed by atoms with E-state index < -0.39 is 9.84 Å². The van der Waals surface area contributed by atoms with Crippen LogP contribution in [0.3, 0.4) is 0 Å². The lowest BCUT2D eigenvalue weighted by atomic mass is 10.1. The molecule has 1 aliphatic heterocycles. The molecule has 1 aromatic heterocycles. The van der Waals surface area contributed by atoms with Crippen LogP contribution in [0, 0.1) is 0 Å². The van der Waals surface area contributed by atoms with Crippen LogP contribution in [0.4, 0.5) is 0 Å². The maximum absolute atomic E-state index is 11.5. The van der Waals surface area contributed by atoms with Crippen LogP contribution < -0.4 is 0 Å². The summed E-state index contributed by atoms with van der Waals surface area (Å²) in [6.45, 7) is 0. The first kappa shape index (κ1) is 8.97. The van der Waals surface area contributed by atoms with Gasteiger partial charge in [0, 0.05) is 23.0 Å². The number of nitrogens with one attached hydrogen (secondary N) is 1. The average Bonchev–Trinajstić information content (AvgIpc) is 2.55. The van der Waals surface area contributed by atoms with Crippen molar-refractivity contribution in [1.82, 2.24) is 4.98 Å². The summed E-state index contributed by atoms with van der Waals surface area (Å²) in [7, 11) is -2.88. The van der Waals surface area contributed by atoms with E-state index in [2.05, 4.69) is 4.98 Å². The first-order valence-corrected chi connectivity index (χ1v) is 6.77. The molecule has 1 aromatic carbocycles. The Hall–Kier alpha value is -1.29. The number of sulfone groups is 1. The molecule has 15 heavy (non-hydrogen) atoms. The molecule has 3 rings (SSSR count). The van der Waals surface area contributed by atoms with Gasteiger partial charge in [-0.25, -0.2) is 8.42 Å². The fraction of sp³-hybridized carbons (Fsp3) is 0.273. The second-order valence-electron chi connectivity index (χ2n) is 3.97. The Morgan fingerprint density at radius 3 is 2.87 bits per heavy atom. The van der Waals surface area contributed by atoms with Crippen LogP contribution >= 0.6 is 0 Å². The van der Waals surface area contributed by atoms with Crippen molar-refractivity contribution < 1.29 is 8.42 Å². The summed E-state index contributed by atoms with van der Waals surface area (Å²) in [6.07, 6.45) is 0.617. The van der Waals surface area contributed by atoms with E-state index in [9.17, 15) is 8.42 Å². The lowest BCUT2D eigenvalue weighted by Gasteiger charge is -2.11. The maximum Gasteiger partial charge on any atom is 0.154 e. The van der Waals surface area contributed by atoms with Gasteiger partial charge in [0.25, 0.3) is 0 Å². The zero-order valence-electron chi connectivity index (χ0n) is 8.16. The van der Waals surface area contributed by atoms with Gasteiger partial charge in [0.15, 0.2) is 9.84 Å². The lowest BCUT2D eigenvalue weighted by Crippen LogP contribution is -2.18. The van der Waals surface area contributed by atoms with Gasteiger partial charge in [-0.15, -0.1) is 0 Å². The molecular weight excluding hydrogens is 210 g/mol. The summed E-state index contributed by atoms with van der Waals surface area (Å²) in [4.78, 5) is 3.29. The van der Waals surface area contributed by atoms with Crippen LogP contribution in [0.15, 0.2) is 24.3 Å². The quantitative estimate of drug-likeness (QED) is 0.735. The third-order valence-electron chi connectivity index (χ3n) is 2.93. The van der Waals surface area contributed by atoms with Gasteiger partial charge in [-0.05, 0) is 11.6 Å². The first-order valence-electron chi connectivity index (χ1n) is 4.95. The molecule has 0 aliphatic carbocycles. The van der Waals surface area contributed by atoms with Crippen LogP contribution in [0.5, 0.6) is 0 Å². The predicted octanol–water partition coefficient (Wildman–Crippen LogP) is 1.64. The predicted molar refractivity (Wildman–Crippen MR) is 59.5 cm³/mol. The second-order valence-corrected chi connectivity index (χ2v) is 6.15. The molecule has 0 atom stereocenters. The van der Waals surface area contributed by atoms with Gasteiger partial charge < -0.3 is 4.98 Å². The van der Waals surface area contributed by atoms with Crippen molar-refractivity contribution in [2.75, 3.05) is 5.75 Å². The standard InChI is InChI=1S/C11H11NO2S/c13-15(14)6-5-11-9(7-15)8-3-1-2-4-10(8)12-11/h1-4,12H,5-7H2. The number of hydrogen-bond acceptors (Lipinski definition) is 2. The lowest BCUT2D eigenvalue weighted by molar-refractivity contribution is 0.591. The number of aryl methyl sites for hydroxylation is 1. The van der Waals surface area contributed by atoms with Crippen LogP contribution in [0.25, 0.3) is 10.9 Å². The van der Waals surface area contributed by atoms with Gasteiger partial charge in [0.1, 0.15) is 0 Å². The van der Waals surface area contributed by atoms with Gasteiger partial charge in [-0.1, -0.05) is 18.2 Å². The van der Waals surface area contributed by atoms with Gasteiger partial charge in [0.05, 0.1) is 11.5 Å². The average molecular weight is 221 g/mol. The van der Waals surface area contributed by atoms with E-state index in [-0.39, 0.29) is 11.5 Å². The Balaban J connectivity index is 2.31. The van der Waals surface area contributed by atoms with Gasteiger partial charge in [-0.2, -0.15) is 0 Å². The third kappa shape index (κ3) is 1.36. The number of rotatable bonds is 0. The Kier molecular flexibility index (Phi) is 1.71. The van der Waals surface area contributed by atoms with Crippen molar-refractivity contribution in [3.63, 3.8) is 0 Å². The molecule has 0 saturated carbocycles. The molecule has 1 aliphatic rings. The molecular formula is C11H11NO2S. The molecule has 0 fully saturated rings. The van der Waals surface area contributed by atoms with E-state index in [1.807, 2.05) is 24.3 Å². The highest BCUT2D eigenvalue weighted by Gasteiger charge is 2.24. The number of benzene rings is 1. The third-order valence-corrected chi connectivity index (χ3v) is 4.48. The van der Waals surface area contributed by atoms with Crippen LogP contribution in [-0.2, 0) is 22.0 Å². The monoisotopic (exact) mass is 221 g/mol. The second kappa shape index (κ2) is 2.85. The van der Waals surface area contributed by atoms with Crippen LogP contribution in [0.2, 0.25) is 0 Å². The number of hydrogen-bond donors (Lipinski definition) is 1. The Labute approximate surface area is 88.0 Å².